The number of anilines is 1. The van der Waals surface area contributed by atoms with Crippen molar-refractivity contribution in [2.45, 2.75) is 32.2 Å². The Morgan fingerprint density at radius 3 is 3.00 bits per heavy atom. The molecule has 92 valence electrons. The average molecular weight is 253 g/mol. The second-order valence-corrected chi connectivity index (χ2v) is 4.98. The second-order valence-electron chi connectivity index (χ2n) is 4.57. The van der Waals surface area contributed by atoms with Gasteiger partial charge in [0.15, 0.2) is 0 Å². The lowest BCUT2D eigenvalue weighted by atomic mass is 10.1. The Morgan fingerprint density at radius 1 is 1.59 bits per heavy atom. The molecule has 0 heterocycles. The molecule has 0 aliphatic heterocycles. The predicted molar refractivity (Wildman–Crippen MR) is 70.1 cm³/mol. The Balaban J connectivity index is 2.01. The minimum Gasteiger partial charge on any atom is -0.398 e. The van der Waals surface area contributed by atoms with Crippen LogP contribution in [0.25, 0.3) is 0 Å². The first-order valence-corrected chi connectivity index (χ1v) is 6.36. The summed E-state index contributed by atoms with van der Waals surface area (Å²) in [6.45, 7) is 2.16. The maximum atomic E-state index is 12.0. The van der Waals surface area contributed by atoms with Crippen molar-refractivity contribution < 1.29 is 4.79 Å². The Hall–Kier alpha value is -1.22. The molecular weight excluding hydrogens is 236 g/mol. The van der Waals surface area contributed by atoms with Crippen molar-refractivity contribution in [3.8, 4) is 0 Å². The molecule has 1 saturated carbocycles. The van der Waals surface area contributed by atoms with E-state index in [0.29, 0.717) is 28.2 Å². The maximum Gasteiger partial charge on any atom is 0.255 e. The number of carbonyl (C=O) groups is 1. The summed E-state index contributed by atoms with van der Waals surface area (Å²) in [5.41, 5.74) is 6.60. The molecule has 2 unspecified atom stereocenters. The summed E-state index contributed by atoms with van der Waals surface area (Å²) in [6.07, 6.45) is 3.40. The fourth-order valence-corrected chi connectivity index (χ4v) is 2.40. The van der Waals surface area contributed by atoms with E-state index in [0.717, 1.165) is 12.8 Å². The van der Waals surface area contributed by atoms with E-state index in [2.05, 4.69) is 12.2 Å². The van der Waals surface area contributed by atoms with E-state index in [1.54, 1.807) is 18.2 Å². The highest BCUT2D eigenvalue weighted by atomic mass is 35.5. The van der Waals surface area contributed by atoms with Crippen molar-refractivity contribution in [3.63, 3.8) is 0 Å². The van der Waals surface area contributed by atoms with E-state index in [-0.39, 0.29) is 5.91 Å². The molecule has 3 nitrogen and oxygen atoms in total. The largest absolute Gasteiger partial charge is 0.398 e. The molecule has 0 radical (unpaired) electrons. The fraction of sp³-hybridized carbons (Fsp3) is 0.462. The van der Waals surface area contributed by atoms with Gasteiger partial charge < -0.3 is 11.1 Å². The summed E-state index contributed by atoms with van der Waals surface area (Å²) >= 11 is 5.98. The molecule has 1 aromatic rings. The first kappa shape index (κ1) is 12.2. The summed E-state index contributed by atoms with van der Waals surface area (Å²) in [5.74, 6) is 0.476. The standard InChI is InChI=1S/C13H17ClN2O/c1-2-4-8-7-11(8)16-13(17)12-9(14)5-3-6-10(12)15/h3,5-6,8,11H,2,4,7,15H2,1H3,(H,16,17). The van der Waals surface area contributed by atoms with Gasteiger partial charge in [0.25, 0.3) is 5.91 Å². The van der Waals surface area contributed by atoms with E-state index in [4.69, 9.17) is 17.3 Å². The number of nitrogens with one attached hydrogen (secondary N) is 1. The van der Waals surface area contributed by atoms with E-state index >= 15 is 0 Å². The number of carbonyl (C=O) groups excluding carboxylic acids is 1. The Bertz CT molecular complexity index is 413. The molecule has 1 aromatic carbocycles. The van der Waals surface area contributed by atoms with Crippen LogP contribution in [-0.4, -0.2) is 11.9 Å². The number of nitrogens with two attached hydrogens (primary N) is 1. The van der Waals surface area contributed by atoms with Crippen molar-refractivity contribution >= 4 is 23.2 Å². The first-order chi connectivity index (χ1) is 8.13. The van der Waals surface area contributed by atoms with Gasteiger partial charge in [0, 0.05) is 11.7 Å². The van der Waals surface area contributed by atoms with Crippen LogP contribution < -0.4 is 11.1 Å². The molecule has 0 aromatic heterocycles. The second kappa shape index (κ2) is 4.96. The van der Waals surface area contributed by atoms with Crippen molar-refractivity contribution in [3.05, 3.63) is 28.8 Å². The highest BCUT2D eigenvalue weighted by Crippen LogP contribution is 2.35. The SMILES string of the molecule is CCCC1CC1NC(=O)c1c(N)cccc1Cl. The van der Waals surface area contributed by atoms with Crippen LogP contribution in [0, 0.1) is 5.92 Å². The van der Waals surface area contributed by atoms with Crippen LogP contribution >= 0.6 is 11.6 Å². The lowest BCUT2D eigenvalue weighted by Crippen LogP contribution is -2.27. The van der Waals surface area contributed by atoms with Gasteiger partial charge in [-0.05, 0) is 30.9 Å². The number of amides is 1. The number of hydrogen-bond donors (Lipinski definition) is 2. The lowest BCUT2D eigenvalue weighted by Gasteiger charge is -2.08. The average Bonchev–Trinajstić information content (AvgIpc) is 2.96. The van der Waals surface area contributed by atoms with Crippen molar-refractivity contribution in [2.75, 3.05) is 5.73 Å². The monoisotopic (exact) mass is 252 g/mol. The number of halogens is 1. The molecule has 17 heavy (non-hydrogen) atoms. The predicted octanol–water partition coefficient (Wildman–Crippen LogP) is 2.84. The zero-order valence-electron chi connectivity index (χ0n) is 9.87. The normalized spacial score (nSPS) is 22.2. The van der Waals surface area contributed by atoms with Crippen LogP contribution in [0.15, 0.2) is 18.2 Å². The minimum atomic E-state index is -0.156. The van der Waals surface area contributed by atoms with Crippen molar-refractivity contribution in [1.29, 1.82) is 0 Å². The molecule has 0 bridgehead atoms. The first-order valence-electron chi connectivity index (χ1n) is 5.98. The van der Waals surface area contributed by atoms with Crippen LogP contribution in [0.1, 0.15) is 36.5 Å². The number of rotatable bonds is 4. The van der Waals surface area contributed by atoms with Crippen LogP contribution in [-0.2, 0) is 0 Å². The molecule has 1 fully saturated rings. The minimum absolute atomic E-state index is 0.156. The Kier molecular flexibility index (Phi) is 3.57. The number of benzene rings is 1. The van der Waals surface area contributed by atoms with Crippen LogP contribution in [0.5, 0.6) is 0 Å². The summed E-state index contributed by atoms with van der Waals surface area (Å²) < 4.78 is 0. The molecule has 4 heteroatoms. The van der Waals surface area contributed by atoms with Crippen molar-refractivity contribution in [1.82, 2.24) is 5.32 Å². The smallest absolute Gasteiger partial charge is 0.255 e. The summed E-state index contributed by atoms with van der Waals surface area (Å²) in [5, 5.41) is 3.40. The van der Waals surface area contributed by atoms with Gasteiger partial charge in [0.2, 0.25) is 0 Å². The highest BCUT2D eigenvalue weighted by molar-refractivity contribution is 6.34. The van der Waals surface area contributed by atoms with Gasteiger partial charge in [-0.25, -0.2) is 0 Å². The van der Waals surface area contributed by atoms with E-state index in [9.17, 15) is 4.79 Å². The summed E-state index contributed by atoms with van der Waals surface area (Å²) in [4.78, 5) is 12.0. The molecule has 1 amide bonds. The van der Waals surface area contributed by atoms with E-state index < -0.39 is 0 Å². The molecule has 0 saturated heterocycles. The molecule has 3 N–H and O–H groups in total. The van der Waals surface area contributed by atoms with Gasteiger partial charge in [-0.1, -0.05) is 31.0 Å². The highest BCUT2D eigenvalue weighted by Gasteiger charge is 2.37. The fourth-order valence-electron chi connectivity index (χ4n) is 2.14. The van der Waals surface area contributed by atoms with Gasteiger partial charge in [-0.15, -0.1) is 0 Å². The third kappa shape index (κ3) is 2.72. The van der Waals surface area contributed by atoms with Gasteiger partial charge in [0.05, 0.1) is 10.6 Å². The summed E-state index contributed by atoms with van der Waals surface area (Å²) in [7, 11) is 0. The Labute approximate surface area is 106 Å². The van der Waals surface area contributed by atoms with E-state index in [1.165, 1.54) is 6.42 Å². The Morgan fingerprint density at radius 2 is 2.35 bits per heavy atom. The molecule has 1 aliphatic carbocycles. The van der Waals surface area contributed by atoms with Gasteiger partial charge >= 0.3 is 0 Å². The topological polar surface area (TPSA) is 55.1 Å². The van der Waals surface area contributed by atoms with Gasteiger partial charge in [-0.3, -0.25) is 4.79 Å². The molecule has 2 rings (SSSR count). The zero-order valence-corrected chi connectivity index (χ0v) is 10.6. The van der Waals surface area contributed by atoms with E-state index in [1.807, 2.05) is 0 Å². The van der Waals surface area contributed by atoms with Crippen molar-refractivity contribution in [2.24, 2.45) is 5.92 Å². The maximum absolute atomic E-state index is 12.0. The van der Waals surface area contributed by atoms with Crippen LogP contribution in [0.2, 0.25) is 5.02 Å². The summed E-state index contributed by atoms with van der Waals surface area (Å²) in [6, 6.07) is 5.42. The third-order valence-electron chi connectivity index (χ3n) is 3.17. The van der Waals surface area contributed by atoms with Gasteiger partial charge in [0.1, 0.15) is 0 Å². The quantitative estimate of drug-likeness (QED) is 0.810. The lowest BCUT2D eigenvalue weighted by molar-refractivity contribution is 0.0950. The molecule has 2 atom stereocenters. The van der Waals surface area contributed by atoms with Crippen LogP contribution in [0.4, 0.5) is 5.69 Å². The third-order valence-corrected chi connectivity index (χ3v) is 3.49. The number of nitrogen functional groups attached to an aromatic ring is 1. The molecule has 1 aliphatic rings. The molecular formula is C13H17ClN2O. The zero-order chi connectivity index (χ0) is 12.4. The molecule has 0 spiro atoms. The van der Waals surface area contributed by atoms with Crippen LogP contribution in [0.3, 0.4) is 0 Å². The number of hydrogen-bond acceptors (Lipinski definition) is 2. The van der Waals surface area contributed by atoms with Gasteiger partial charge in [-0.2, -0.15) is 0 Å².